The summed E-state index contributed by atoms with van der Waals surface area (Å²) in [5, 5.41) is 0. The minimum absolute atomic E-state index is 0.0691. The molecule has 0 aromatic carbocycles. The Hall–Kier alpha value is -2.66. The molecule has 0 spiro atoms. The van der Waals surface area contributed by atoms with Crippen LogP contribution in [-0.4, -0.2) is 37.9 Å². The van der Waals surface area contributed by atoms with Crippen LogP contribution >= 0.6 is 0 Å². The highest BCUT2D eigenvalue weighted by atomic mass is 16.6. The molecule has 1 unspecified atom stereocenters. The molecule has 0 aromatic rings. The number of carbonyl (C=O) groups excluding carboxylic acids is 2. The summed E-state index contributed by atoms with van der Waals surface area (Å²) in [4.78, 5) is 25.4. The lowest BCUT2D eigenvalue weighted by Crippen LogP contribution is -2.30. The molecular weight excluding hydrogens is 765 g/mol. The van der Waals surface area contributed by atoms with Gasteiger partial charge in [0.25, 0.3) is 0 Å². The molecule has 0 rings (SSSR count). The van der Waals surface area contributed by atoms with Gasteiger partial charge in [-0.2, -0.15) is 0 Å². The Morgan fingerprint density at radius 2 is 0.726 bits per heavy atom. The van der Waals surface area contributed by atoms with Crippen LogP contribution in [0.2, 0.25) is 0 Å². The van der Waals surface area contributed by atoms with Gasteiger partial charge in [0.2, 0.25) is 0 Å². The smallest absolute Gasteiger partial charge is 0.306 e. The van der Waals surface area contributed by atoms with Gasteiger partial charge in [0, 0.05) is 19.4 Å². The van der Waals surface area contributed by atoms with Crippen molar-refractivity contribution in [2.45, 2.75) is 258 Å². The van der Waals surface area contributed by atoms with Crippen LogP contribution in [0.25, 0.3) is 0 Å². The van der Waals surface area contributed by atoms with Gasteiger partial charge in [0.15, 0.2) is 6.10 Å². The summed E-state index contributed by atoms with van der Waals surface area (Å²) in [5.41, 5.74) is 0. The fourth-order valence-electron chi connectivity index (χ4n) is 7.25. The predicted molar refractivity (Wildman–Crippen MR) is 270 cm³/mol. The Bertz CT molecular complexity index is 1110. The zero-order valence-corrected chi connectivity index (χ0v) is 41.1. The molecule has 0 radical (unpaired) electrons. The summed E-state index contributed by atoms with van der Waals surface area (Å²) in [7, 11) is 0. The van der Waals surface area contributed by atoms with Crippen molar-refractivity contribution in [1.82, 2.24) is 0 Å². The Balaban J connectivity index is 4.28. The fraction of sp³-hybridized carbons (Fsp3) is 0.754. The molecule has 62 heavy (non-hydrogen) atoms. The Kier molecular flexibility index (Phi) is 50.4. The van der Waals surface area contributed by atoms with E-state index in [4.69, 9.17) is 14.2 Å². The molecule has 0 aliphatic heterocycles. The largest absolute Gasteiger partial charge is 0.462 e. The van der Waals surface area contributed by atoms with Crippen molar-refractivity contribution in [3.8, 4) is 0 Å². The van der Waals surface area contributed by atoms with Crippen LogP contribution in [0.1, 0.15) is 252 Å². The number of unbranched alkanes of at least 4 members (excludes halogenated alkanes) is 25. The highest BCUT2D eigenvalue weighted by molar-refractivity contribution is 5.70. The molecule has 5 heteroatoms. The molecule has 0 fully saturated rings. The van der Waals surface area contributed by atoms with Gasteiger partial charge in [0.1, 0.15) is 6.61 Å². The van der Waals surface area contributed by atoms with E-state index >= 15 is 0 Å². The Morgan fingerprint density at radius 1 is 0.371 bits per heavy atom. The van der Waals surface area contributed by atoms with Crippen molar-refractivity contribution in [3.63, 3.8) is 0 Å². The van der Waals surface area contributed by atoms with E-state index in [9.17, 15) is 9.59 Å². The molecule has 358 valence electrons. The van der Waals surface area contributed by atoms with E-state index in [1.807, 2.05) is 0 Å². The van der Waals surface area contributed by atoms with Crippen LogP contribution in [0.3, 0.4) is 0 Å². The summed E-state index contributed by atoms with van der Waals surface area (Å²) in [5.74, 6) is -0.422. The zero-order valence-electron chi connectivity index (χ0n) is 41.1. The van der Waals surface area contributed by atoms with Crippen LogP contribution in [0.5, 0.6) is 0 Å². The van der Waals surface area contributed by atoms with Gasteiger partial charge in [-0.25, -0.2) is 0 Å². The van der Waals surface area contributed by atoms with Gasteiger partial charge >= 0.3 is 11.9 Å². The topological polar surface area (TPSA) is 61.8 Å². The second kappa shape index (κ2) is 52.7. The molecule has 0 N–H and O–H groups in total. The summed E-state index contributed by atoms with van der Waals surface area (Å²) < 4.78 is 17.4. The first-order valence-electron chi connectivity index (χ1n) is 26.5. The molecule has 0 aliphatic rings. The van der Waals surface area contributed by atoms with E-state index in [1.54, 1.807) is 0 Å². The molecule has 0 saturated heterocycles. The molecular formula is C57H100O5. The van der Waals surface area contributed by atoms with Gasteiger partial charge in [-0.1, -0.05) is 203 Å². The van der Waals surface area contributed by atoms with Crippen LogP contribution in [0.15, 0.2) is 72.9 Å². The maximum atomic E-state index is 12.8. The first-order valence-corrected chi connectivity index (χ1v) is 26.5. The van der Waals surface area contributed by atoms with Crippen LogP contribution < -0.4 is 0 Å². The van der Waals surface area contributed by atoms with Gasteiger partial charge in [0.05, 0.1) is 6.61 Å². The summed E-state index contributed by atoms with van der Waals surface area (Å²) in [6.07, 6.45) is 67.7. The molecule has 5 nitrogen and oxygen atoms in total. The van der Waals surface area contributed by atoms with Crippen LogP contribution in [0.4, 0.5) is 0 Å². The second-order valence-corrected chi connectivity index (χ2v) is 17.4. The highest BCUT2D eigenvalue weighted by Crippen LogP contribution is 2.14. The third kappa shape index (κ3) is 50.0. The van der Waals surface area contributed by atoms with Crippen molar-refractivity contribution in [1.29, 1.82) is 0 Å². The Labute approximate surface area is 385 Å². The van der Waals surface area contributed by atoms with E-state index in [1.165, 1.54) is 128 Å². The van der Waals surface area contributed by atoms with Crippen LogP contribution in [0, 0.1) is 0 Å². The highest BCUT2D eigenvalue weighted by Gasteiger charge is 2.17. The molecule has 1 atom stereocenters. The zero-order chi connectivity index (χ0) is 44.9. The van der Waals surface area contributed by atoms with Crippen LogP contribution in [-0.2, 0) is 23.8 Å². The molecule has 0 aliphatic carbocycles. The standard InChI is InChI=1S/C57H100O5/c1-4-7-10-13-16-19-22-25-27-28-29-30-31-33-35-38-41-44-47-50-56(58)61-54-55(53-60-52-49-46-43-40-37-34-26-23-20-17-14-11-8-5-2)62-57(59)51-48-45-42-39-36-32-24-21-18-15-12-9-6-3/h8,11,16-17,19-21,24-27,34,55H,4-7,9-10,12-15,18,22-23,28-33,35-54H2,1-3H3/b11-8-,19-16-,20-17-,24-21-,27-25-,34-26-. The molecule has 0 bridgehead atoms. The van der Waals surface area contributed by atoms with E-state index in [0.717, 1.165) is 89.9 Å². The maximum absolute atomic E-state index is 12.8. The van der Waals surface area contributed by atoms with Crippen molar-refractivity contribution >= 4 is 11.9 Å². The first kappa shape index (κ1) is 59.3. The predicted octanol–water partition coefficient (Wildman–Crippen LogP) is 17.9. The summed E-state index contributed by atoms with van der Waals surface area (Å²) in [6.45, 7) is 7.63. The number of esters is 2. The lowest BCUT2D eigenvalue weighted by molar-refractivity contribution is -0.163. The van der Waals surface area contributed by atoms with Crippen molar-refractivity contribution < 1.29 is 23.8 Å². The molecule has 0 amide bonds. The van der Waals surface area contributed by atoms with Gasteiger partial charge in [-0.05, 0) is 109 Å². The molecule has 0 aromatic heterocycles. The molecule has 0 heterocycles. The average Bonchev–Trinajstić information content (AvgIpc) is 3.27. The maximum Gasteiger partial charge on any atom is 0.306 e. The van der Waals surface area contributed by atoms with Gasteiger partial charge in [-0.15, -0.1) is 0 Å². The summed E-state index contributed by atoms with van der Waals surface area (Å²) in [6, 6.07) is 0. The van der Waals surface area contributed by atoms with Crippen molar-refractivity contribution in [2.75, 3.05) is 19.8 Å². The van der Waals surface area contributed by atoms with E-state index < -0.39 is 6.10 Å². The van der Waals surface area contributed by atoms with E-state index in [2.05, 4.69) is 93.7 Å². The third-order valence-electron chi connectivity index (χ3n) is 11.2. The third-order valence-corrected chi connectivity index (χ3v) is 11.2. The van der Waals surface area contributed by atoms with Gasteiger partial charge < -0.3 is 14.2 Å². The lowest BCUT2D eigenvalue weighted by atomic mass is 10.1. The lowest BCUT2D eigenvalue weighted by Gasteiger charge is -2.18. The molecule has 0 saturated carbocycles. The quantitative estimate of drug-likeness (QED) is 0.0346. The van der Waals surface area contributed by atoms with Gasteiger partial charge in [-0.3, -0.25) is 9.59 Å². The van der Waals surface area contributed by atoms with Crippen molar-refractivity contribution in [2.24, 2.45) is 0 Å². The first-order chi connectivity index (χ1) is 30.6. The van der Waals surface area contributed by atoms with E-state index in [0.29, 0.717) is 19.4 Å². The fourth-order valence-corrected chi connectivity index (χ4v) is 7.25. The average molecular weight is 865 g/mol. The number of ether oxygens (including phenoxy) is 3. The number of carbonyl (C=O) groups is 2. The summed E-state index contributed by atoms with van der Waals surface area (Å²) >= 11 is 0. The van der Waals surface area contributed by atoms with E-state index in [-0.39, 0.29) is 25.2 Å². The SMILES string of the molecule is CC/C=C\C/C=C\C/C=C\CCCCCCOCC(COC(=O)CCCCCCCCCCC/C=C\C/C=C\CCCCC)OC(=O)CCCCCCC/C=C\CCCCCC. The number of rotatable bonds is 48. The number of hydrogen-bond donors (Lipinski definition) is 0. The number of hydrogen-bond acceptors (Lipinski definition) is 5. The normalized spacial score (nSPS) is 12.8. The monoisotopic (exact) mass is 865 g/mol. The Morgan fingerprint density at radius 3 is 1.21 bits per heavy atom. The van der Waals surface area contributed by atoms with Crippen molar-refractivity contribution in [3.05, 3.63) is 72.9 Å². The minimum Gasteiger partial charge on any atom is -0.462 e. The number of allylic oxidation sites excluding steroid dienone is 12. The second-order valence-electron chi connectivity index (χ2n) is 17.4. The minimum atomic E-state index is -0.555.